The molecule has 0 fully saturated rings. The van der Waals surface area contributed by atoms with Gasteiger partial charge in [-0.05, 0) is 54.8 Å². The Morgan fingerprint density at radius 3 is 3.04 bits per heavy atom. The zero-order valence-corrected chi connectivity index (χ0v) is 12.7. The quantitative estimate of drug-likeness (QED) is 0.706. The Morgan fingerprint density at radius 1 is 1.39 bits per heavy atom. The Kier molecular flexibility index (Phi) is 4.28. The molecule has 0 atom stereocenters. The van der Waals surface area contributed by atoms with Crippen LogP contribution < -0.4 is 5.32 Å². The van der Waals surface area contributed by atoms with Crippen molar-refractivity contribution in [2.45, 2.75) is 13.3 Å². The summed E-state index contributed by atoms with van der Waals surface area (Å²) in [6.07, 6.45) is 5.55. The standard InChI is InChI=1S/C18H17FN2O2/c1-12(17-3-2-8-23-17)9-18(22)20-7-6-13-11-21-16-5-4-14(19)10-15(13)16/h2-5,8-11,21H,6-7H2,1H3,(H,20,22). The zero-order valence-electron chi connectivity index (χ0n) is 12.7. The topological polar surface area (TPSA) is 58.0 Å². The van der Waals surface area contributed by atoms with Crippen LogP contribution in [0.1, 0.15) is 18.2 Å². The smallest absolute Gasteiger partial charge is 0.244 e. The molecule has 2 N–H and O–H groups in total. The third kappa shape index (κ3) is 3.51. The number of aromatic amines is 1. The average Bonchev–Trinajstić information content (AvgIpc) is 3.17. The number of hydrogen-bond acceptors (Lipinski definition) is 2. The molecule has 0 aliphatic rings. The van der Waals surface area contributed by atoms with E-state index in [1.54, 1.807) is 24.5 Å². The van der Waals surface area contributed by atoms with Gasteiger partial charge in [0.25, 0.3) is 0 Å². The van der Waals surface area contributed by atoms with Crippen molar-refractivity contribution in [2.24, 2.45) is 0 Å². The largest absolute Gasteiger partial charge is 0.465 e. The Bertz CT molecular complexity index is 847. The monoisotopic (exact) mass is 312 g/mol. The number of fused-ring (bicyclic) bond motifs is 1. The Labute approximate surface area is 133 Å². The highest BCUT2D eigenvalue weighted by atomic mass is 19.1. The van der Waals surface area contributed by atoms with Gasteiger partial charge in [-0.2, -0.15) is 0 Å². The van der Waals surface area contributed by atoms with Crippen molar-refractivity contribution in [3.05, 3.63) is 66.0 Å². The van der Waals surface area contributed by atoms with Gasteiger partial charge in [0.1, 0.15) is 11.6 Å². The zero-order chi connectivity index (χ0) is 16.2. The number of amides is 1. The minimum atomic E-state index is -0.264. The van der Waals surface area contributed by atoms with E-state index < -0.39 is 0 Å². The van der Waals surface area contributed by atoms with E-state index in [-0.39, 0.29) is 11.7 Å². The molecule has 2 aromatic heterocycles. The van der Waals surface area contributed by atoms with Crippen LogP contribution in [0.25, 0.3) is 16.5 Å². The van der Waals surface area contributed by atoms with Gasteiger partial charge in [-0.15, -0.1) is 0 Å². The first kappa shape index (κ1) is 15.1. The summed E-state index contributed by atoms with van der Waals surface area (Å²) in [5.74, 6) is 0.233. The molecule has 0 radical (unpaired) electrons. The van der Waals surface area contributed by atoms with Gasteiger partial charge in [-0.3, -0.25) is 4.79 Å². The summed E-state index contributed by atoms with van der Waals surface area (Å²) in [4.78, 5) is 15.0. The number of nitrogens with one attached hydrogen (secondary N) is 2. The minimum Gasteiger partial charge on any atom is -0.465 e. The van der Waals surface area contributed by atoms with E-state index in [0.29, 0.717) is 18.7 Å². The van der Waals surface area contributed by atoms with Gasteiger partial charge in [0.05, 0.1) is 6.26 Å². The number of furan rings is 1. The summed E-state index contributed by atoms with van der Waals surface area (Å²) in [5.41, 5.74) is 2.63. The number of benzene rings is 1. The Morgan fingerprint density at radius 2 is 2.26 bits per heavy atom. The van der Waals surface area contributed by atoms with Gasteiger partial charge >= 0.3 is 0 Å². The fourth-order valence-corrected chi connectivity index (χ4v) is 2.50. The van der Waals surface area contributed by atoms with Crippen LogP contribution in [0.4, 0.5) is 4.39 Å². The first-order valence-corrected chi connectivity index (χ1v) is 7.39. The van der Waals surface area contributed by atoms with Crippen molar-refractivity contribution in [2.75, 3.05) is 6.54 Å². The van der Waals surface area contributed by atoms with E-state index in [4.69, 9.17) is 4.42 Å². The number of allylic oxidation sites excluding steroid dienone is 1. The van der Waals surface area contributed by atoms with Crippen molar-refractivity contribution in [3.8, 4) is 0 Å². The third-order valence-corrected chi connectivity index (χ3v) is 3.68. The summed E-state index contributed by atoms with van der Waals surface area (Å²) in [7, 11) is 0. The van der Waals surface area contributed by atoms with Gasteiger partial charge in [0.15, 0.2) is 0 Å². The van der Waals surface area contributed by atoms with Crippen LogP contribution in [-0.4, -0.2) is 17.4 Å². The third-order valence-electron chi connectivity index (χ3n) is 3.68. The molecule has 5 heteroatoms. The van der Waals surface area contributed by atoms with Crippen LogP contribution in [0.3, 0.4) is 0 Å². The summed E-state index contributed by atoms with van der Waals surface area (Å²) in [6, 6.07) is 8.22. The van der Waals surface area contributed by atoms with Crippen LogP contribution >= 0.6 is 0 Å². The van der Waals surface area contributed by atoms with E-state index in [2.05, 4.69) is 10.3 Å². The summed E-state index contributed by atoms with van der Waals surface area (Å²) < 4.78 is 18.6. The van der Waals surface area contributed by atoms with Crippen molar-refractivity contribution < 1.29 is 13.6 Å². The molecule has 0 aliphatic heterocycles. The van der Waals surface area contributed by atoms with Crippen LogP contribution in [-0.2, 0) is 11.2 Å². The molecule has 118 valence electrons. The Hall–Kier alpha value is -2.82. The molecule has 0 aliphatic carbocycles. The predicted molar refractivity (Wildman–Crippen MR) is 87.3 cm³/mol. The van der Waals surface area contributed by atoms with E-state index in [1.165, 1.54) is 18.2 Å². The first-order chi connectivity index (χ1) is 11.1. The predicted octanol–water partition coefficient (Wildman–Crippen LogP) is 3.66. The van der Waals surface area contributed by atoms with Gasteiger partial charge < -0.3 is 14.7 Å². The maximum absolute atomic E-state index is 13.3. The minimum absolute atomic E-state index is 0.176. The van der Waals surface area contributed by atoms with Crippen LogP contribution in [0.15, 0.2) is 53.3 Å². The summed E-state index contributed by atoms with van der Waals surface area (Å²) in [6.45, 7) is 2.30. The number of hydrogen-bond donors (Lipinski definition) is 2. The lowest BCUT2D eigenvalue weighted by molar-refractivity contribution is -0.116. The van der Waals surface area contributed by atoms with Gasteiger partial charge in [0.2, 0.25) is 5.91 Å². The number of carbonyl (C=O) groups is 1. The van der Waals surface area contributed by atoms with E-state index in [0.717, 1.165) is 22.0 Å². The van der Waals surface area contributed by atoms with E-state index in [9.17, 15) is 9.18 Å². The van der Waals surface area contributed by atoms with Crippen LogP contribution in [0, 0.1) is 5.82 Å². The SMILES string of the molecule is CC(=CC(=O)NCCc1c[nH]c2ccc(F)cc12)c1ccco1. The molecule has 0 saturated carbocycles. The maximum Gasteiger partial charge on any atom is 0.244 e. The summed E-state index contributed by atoms with van der Waals surface area (Å²) >= 11 is 0. The van der Waals surface area contributed by atoms with Crippen molar-refractivity contribution in [1.29, 1.82) is 0 Å². The molecule has 0 bridgehead atoms. The average molecular weight is 312 g/mol. The molecule has 0 spiro atoms. The van der Waals surface area contributed by atoms with Crippen molar-refractivity contribution >= 4 is 22.4 Å². The highest BCUT2D eigenvalue weighted by Crippen LogP contribution is 2.19. The van der Waals surface area contributed by atoms with Crippen molar-refractivity contribution in [3.63, 3.8) is 0 Å². The number of carbonyl (C=O) groups excluding carboxylic acids is 1. The van der Waals surface area contributed by atoms with Gasteiger partial charge in [-0.1, -0.05) is 0 Å². The highest BCUT2D eigenvalue weighted by Gasteiger charge is 2.06. The molecular weight excluding hydrogens is 295 g/mol. The van der Waals surface area contributed by atoms with Gasteiger partial charge in [-0.25, -0.2) is 4.39 Å². The van der Waals surface area contributed by atoms with E-state index in [1.807, 2.05) is 13.1 Å². The second-order valence-electron chi connectivity index (χ2n) is 5.35. The highest BCUT2D eigenvalue weighted by molar-refractivity contribution is 5.94. The summed E-state index contributed by atoms with van der Waals surface area (Å²) in [5, 5.41) is 3.68. The lowest BCUT2D eigenvalue weighted by Crippen LogP contribution is -2.23. The second-order valence-corrected chi connectivity index (χ2v) is 5.35. The maximum atomic E-state index is 13.3. The molecule has 0 saturated heterocycles. The lowest BCUT2D eigenvalue weighted by atomic mass is 10.1. The Balaban J connectivity index is 1.59. The molecule has 1 amide bonds. The first-order valence-electron chi connectivity index (χ1n) is 7.39. The van der Waals surface area contributed by atoms with Crippen LogP contribution in [0.2, 0.25) is 0 Å². The van der Waals surface area contributed by atoms with Gasteiger partial charge in [0, 0.05) is 29.7 Å². The number of halogens is 1. The lowest BCUT2D eigenvalue weighted by Gasteiger charge is -2.03. The van der Waals surface area contributed by atoms with Crippen molar-refractivity contribution in [1.82, 2.24) is 10.3 Å². The second kappa shape index (κ2) is 6.52. The molecule has 0 unspecified atom stereocenters. The number of H-pyrrole nitrogens is 1. The fourth-order valence-electron chi connectivity index (χ4n) is 2.50. The molecule has 2 heterocycles. The number of rotatable bonds is 5. The molecule has 1 aromatic carbocycles. The molecule has 4 nitrogen and oxygen atoms in total. The molecule has 3 rings (SSSR count). The molecule has 3 aromatic rings. The molecular formula is C18H17FN2O2. The molecule has 23 heavy (non-hydrogen) atoms. The van der Waals surface area contributed by atoms with E-state index >= 15 is 0 Å². The van der Waals surface area contributed by atoms with Crippen LogP contribution in [0.5, 0.6) is 0 Å². The normalized spacial score (nSPS) is 11.8. The fraction of sp³-hybridized carbons (Fsp3) is 0.167. The number of aromatic nitrogens is 1.